The van der Waals surface area contributed by atoms with E-state index in [0.29, 0.717) is 10.7 Å². The second-order valence-electron chi connectivity index (χ2n) is 7.00. The smallest absolute Gasteiger partial charge is 0.253 e. The lowest BCUT2D eigenvalue weighted by Crippen LogP contribution is -2.44. The highest BCUT2D eigenvalue weighted by Crippen LogP contribution is 2.48. The number of hydrogen-bond donors (Lipinski definition) is 0. The number of amides is 2. The van der Waals surface area contributed by atoms with Gasteiger partial charge >= 0.3 is 0 Å². The van der Waals surface area contributed by atoms with Crippen LogP contribution in [-0.4, -0.2) is 41.0 Å². The van der Waals surface area contributed by atoms with Crippen molar-refractivity contribution < 1.29 is 9.59 Å². The fraction of sp³-hybridized carbons (Fsp3) is 0.300. The molecule has 3 fully saturated rings. The van der Waals surface area contributed by atoms with Gasteiger partial charge in [0.1, 0.15) is 6.04 Å². The molecule has 3 heterocycles. The Labute approximate surface area is 156 Å². The molecule has 3 aliphatic rings. The number of rotatable bonds is 2. The molecule has 0 aromatic heterocycles. The van der Waals surface area contributed by atoms with Crippen LogP contribution in [0.2, 0.25) is 5.02 Å². The van der Waals surface area contributed by atoms with Gasteiger partial charge in [0.15, 0.2) is 0 Å². The number of carbonyl (C=O) groups excluding carboxylic acids is 2. The molecular formula is C20H18ClN3O2. The second-order valence-corrected chi connectivity index (χ2v) is 7.43. The van der Waals surface area contributed by atoms with Gasteiger partial charge in [-0.3, -0.25) is 9.59 Å². The molecule has 3 aliphatic heterocycles. The highest BCUT2D eigenvalue weighted by atomic mass is 35.5. The van der Waals surface area contributed by atoms with E-state index in [0.717, 1.165) is 25.1 Å². The molecule has 2 aromatic rings. The minimum absolute atomic E-state index is 0.0932. The number of imide groups is 1. The topological polar surface area (TPSA) is 43.9 Å². The standard InChI is InChI=1S/C20H18ClN3O2/c21-14-8-4-9-15(12-14)24-19(25)16-17(13-6-2-1-3-7-13)22-10-5-11-23(22)18(16)20(24)26/h1-4,6-9,12,16-18H,5,10-11H2/t16-,17+,18+/m0/s1. The fourth-order valence-corrected chi connectivity index (χ4v) is 4.82. The third-order valence-corrected chi connectivity index (χ3v) is 5.85. The highest BCUT2D eigenvalue weighted by molar-refractivity contribution is 6.31. The average Bonchev–Trinajstić information content (AvgIpc) is 3.28. The Balaban J connectivity index is 1.60. The van der Waals surface area contributed by atoms with Crippen LogP contribution in [0.3, 0.4) is 0 Å². The van der Waals surface area contributed by atoms with Crippen molar-refractivity contribution in [3.8, 4) is 0 Å². The zero-order valence-electron chi connectivity index (χ0n) is 14.1. The number of carbonyl (C=O) groups is 2. The molecule has 0 bridgehead atoms. The predicted octanol–water partition coefficient (Wildman–Crippen LogP) is 2.88. The summed E-state index contributed by atoms with van der Waals surface area (Å²) in [5.74, 6) is -0.665. The van der Waals surface area contributed by atoms with Crippen molar-refractivity contribution in [2.75, 3.05) is 18.0 Å². The zero-order valence-corrected chi connectivity index (χ0v) is 14.8. The summed E-state index contributed by atoms with van der Waals surface area (Å²) in [6.07, 6.45) is 1.01. The van der Waals surface area contributed by atoms with Crippen molar-refractivity contribution in [2.24, 2.45) is 5.92 Å². The molecule has 0 N–H and O–H groups in total. The van der Waals surface area contributed by atoms with Crippen LogP contribution in [0.25, 0.3) is 0 Å². The molecular weight excluding hydrogens is 350 g/mol. The molecule has 6 heteroatoms. The van der Waals surface area contributed by atoms with E-state index in [2.05, 4.69) is 10.0 Å². The lowest BCUT2D eigenvalue weighted by molar-refractivity contribution is -0.126. The summed E-state index contributed by atoms with van der Waals surface area (Å²) < 4.78 is 0. The van der Waals surface area contributed by atoms with E-state index in [4.69, 9.17) is 11.6 Å². The van der Waals surface area contributed by atoms with Gasteiger partial charge in [0.2, 0.25) is 5.91 Å². The SMILES string of the molecule is O=C1[C@H]2[C@@H](c3ccccc3)N3CCCN3[C@H]2C(=O)N1c1cccc(Cl)c1. The van der Waals surface area contributed by atoms with Crippen molar-refractivity contribution in [2.45, 2.75) is 18.5 Å². The van der Waals surface area contributed by atoms with Crippen LogP contribution < -0.4 is 4.90 Å². The number of anilines is 1. The van der Waals surface area contributed by atoms with E-state index >= 15 is 0 Å². The van der Waals surface area contributed by atoms with Crippen molar-refractivity contribution in [3.05, 3.63) is 65.2 Å². The Hall–Kier alpha value is -2.21. The van der Waals surface area contributed by atoms with Crippen LogP contribution in [0.4, 0.5) is 5.69 Å². The molecule has 2 aromatic carbocycles. The normalized spacial score (nSPS) is 28.7. The van der Waals surface area contributed by atoms with E-state index in [1.54, 1.807) is 24.3 Å². The first-order valence-electron chi connectivity index (χ1n) is 8.88. The minimum Gasteiger partial charge on any atom is -0.274 e. The molecule has 3 atom stereocenters. The van der Waals surface area contributed by atoms with Gasteiger partial charge in [0.05, 0.1) is 17.6 Å². The second kappa shape index (κ2) is 5.91. The van der Waals surface area contributed by atoms with Gasteiger partial charge < -0.3 is 0 Å². The number of benzene rings is 2. The third kappa shape index (κ3) is 2.18. The van der Waals surface area contributed by atoms with Crippen LogP contribution in [0.5, 0.6) is 0 Å². The molecule has 132 valence electrons. The van der Waals surface area contributed by atoms with Gasteiger partial charge in [-0.1, -0.05) is 48.0 Å². The first-order chi connectivity index (χ1) is 12.7. The Bertz CT molecular complexity index is 888. The first kappa shape index (κ1) is 16.0. The average molecular weight is 368 g/mol. The Morgan fingerprint density at radius 2 is 1.58 bits per heavy atom. The maximum atomic E-state index is 13.3. The van der Waals surface area contributed by atoms with Gasteiger partial charge in [-0.15, -0.1) is 0 Å². The molecule has 0 saturated carbocycles. The molecule has 0 unspecified atom stereocenters. The van der Waals surface area contributed by atoms with E-state index in [9.17, 15) is 9.59 Å². The van der Waals surface area contributed by atoms with Gasteiger partial charge in [-0.25, -0.2) is 14.9 Å². The van der Waals surface area contributed by atoms with Gasteiger partial charge in [0, 0.05) is 18.1 Å². The van der Waals surface area contributed by atoms with Crippen LogP contribution in [0.1, 0.15) is 18.0 Å². The zero-order chi connectivity index (χ0) is 17.8. The van der Waals surface area contributed by atoms with Crippen LogP contribution >= 0.6 is 11.6 Å². The molecule has 0 radical (unpaired) electrons. The summed E-state index contributed by atoms with van der Waals surface area (Å²) in [7, 11) is 0. The van der Waals surface area contributed by atoms with Crippen molar-refractivity contribution in [1.82, 2.24) is 10.0 Å². The molecule has 2 amide bonds. The molecule has 0 spiro atoms. The molecule has 0 aliphatic carbocycles. The lowest BCUT2D eigenvalue weighted by Gasteiger charge is -2.29. The number of hydrazine groups is 1. The van der Waals surface area contributed by atoms with E-state index < -0.39 is 6.04 Å². The van der Waals surface area contributed by atoms with Gasteiger partial charge in [-0.05, 0) is 30.2 Å². The quantitative estimate of drug-likeness (QED) is 0.766. The molecule has 3 saturated heterocycles. The van der Waals surface area contributed by atoms with Crippen LogP contribution in [-0.2, 0) is 9.59 Å². The largest absolute Gasteiger partial charge is 0.274 e. The van der Waals surface area contributed by atoms with Crippen molar-refractivity contribution in [1.29, 1.82) is 0 Å². The lowest BCUT2D eigenvalue weighted by atomic mass is 9.90. The van der Waals surface area contributed by atoms with Crippen molar-refractivity contribution in [3.63, 3.8) is 0 Å². The van der Waals surface area contributed by atoms with Crippen LogP contribution in [0, 0.1) is 5.92 Å². The van der Waals surface area contributed by atoms with Crippen LogP contribution in [0.15, 0.2) is 54.6 Å². The molecule has 5 rings (SSSR count). The van der Waals surface area contributed by atoms with E-state index in [1.165, 1.54) is 4.90 Å². The van der Waals surface area contributed by atoms with Gasteiger partial charge in [0.25, 0.3) is 5.91 Å². The molecule has 5 nitrogen and oxygen atoms in total. The monoisotopic (exact) mass is 367 g/mol. The maximum absolute atomic E-state index is 13.3. The highest BCUT2D eigenvalue weighted by Gasteiger charge is 2.62. The number of nitrogens with zero attached hydrogens (tertiary/aromatic N) is 3. The summed E-state index contributed by atoms with van der Waals surface area (Å²) in [5.41, 5.74) is 1.64. The predicted molar refractivity (Wildman–Crippen MR) is 98.4 cm³/mol. The van der Waals surface area contributed by atoms with E-state index in [-0.39, 0.29) is 23.8 Å². The molecule has 26 heavy (non-hydrogen) atoms. The number of halogens is 1. The van der Waals surface area contributed by atoms with Crippen molar-refractivity contribution >= 4 is 29.1 Å². The summed E-state index contributed by atoms with van der Waals surface area (Å²) >= 11 is 6.09. The van der Waals surface area contributed by atoms with Gasteiger partial charge in [-0.2, -0.15) is 0 Å². The summed E-state index contributed by atoms with van der Waals surface area (Å²) in [6.45, 7) is 1.69. The Kier molecular flexibility index (Phi) is 3.64. The fourth-order valence-electron chi connectivity index (χ4n) is 4.63. The minimum atomic E-state index is -0.422. The summed E-state index contributed by atoms with van der Waals surface area (Å²) in [4.78, 5) is 27.9. The number of hydrogen-bond acceptors (Lipinski definition) is 4. The Morgan fingerprint density at radius 1 is 0.846 bits per heavy atom. The van der Waals surface area contributed by atoms with E-state index in [1.807, 2.05) is 30.3 Å². The summed E-state index contributed by atoms with van der Waals surface area (Å²) in [5, 5.41) is 4.84. The summed E-state index contributed by atoms with van der Waals surface area (Å²) in [6, 6.07) is 16.5. The third-order valence-electron chi connectivity index (χ3n) is 5.61. The number of fused-ring (bicyclic) bond motifs is 3. The first-order valence-corrected chi connectivity index (χ1v) is 9.26. The Morgan fingerprint density at radius 3 is 2.31 bits per heavy atom. The maximum Gasteiger partial charge on any atom is 0.253 e.